The van der Waals surface area contributed by atoms with Gasteiger partial charge in [0.25, 0.3) is 0 Å². The minimum Gasteiger partial charge on any atom is -0.394 e. The maximum Gasteiger partial charge on any atom is 0.146 e. The van der Waals surface area contributed by atoms with Crippen molar-refractivity contribution in [3.63, 3.8) is 0 Å². The Labute approximate surface area is 71.4 Å². The van der Waals surface area contributed by atoms with Crippen molar-refractivity contribution >= 4 is 6.21 Å². The van der Waals surface area contributed by atoms with Crippen molar-refractivity contribution in [2.45, 2.75) is 18.6 Å². The molecule has 1 heterocycles. The summed E-state index contributed by atoms with van der Waals surface area (Å²) in [5.41, 5.74) is 2.77. The van der Waals surface area contributed by atoms with Crippen molar-refractivity contribution in [3.8, 4) is 0 Å². The number of rotatable bonds is 4. The molecule has 0 radical (unpaired) electrons. The second kappa shape index (κ2) is 5.08. The largest absolute Gasteiger partial charge is 0.394 e. The molecule has 0 aromatic heterocycles. The van der Waals surface area contributed by atoms with Crippen LogP contribution in [0.3, 0.4) is 0 Å². The molecule has 0 saturated carbocycles. The van der Waals surface area contributed by atoms with Gasteiger partial charge >= 0.3 is 0 Å². The van der Waals surface area contributed by atoms with Gasteiger partial charge < -0.3 is 20.0 Å². The number of methoxy groups -OCH3 is 1. The first-order chi connectivity index (χ1) is 5.88. The topological polar surface area (TPSA) is 63.1 Å². The molecule has 12 heavy (non-hydrogen) atoms. The van der Waals surface area contributed by atoms with E-state index < -0.39 is 0 Å². The second-order valence-corrected chi connectivity index (χ2v) is 2.58. The number of nitrogens with one attached hydrogen (secondary N) is 1. The fourth-order valence-corrected chi connectivity index (χ4v) is 1.05. The van der Waals surface area contributed by atoms with E-state index in [-0.39, 0.29) is 25.5 Å². The zero-order chi connectivity index (χ0) is 8.81. The number of hydrogen-bond donors (Lipinski definition) is 2. The molecular weight excluding hydrogens is 160 g/mol. The molecule has 5 heteroatoms. The summed E-state index contributed by atoms with van der Waals surface area (Å²) in [7, 11) is 1.57. The van der Waals surface area contributed by atoms with Crippen LogP contribution in [0.2, 0.25) is 0 Å². The molecule has 0 bridgehead atoms. The van der Waals surface area contributed by atoms with Gasteiger partial charge in [-0.2, -0.15) is 5.10 Å². The van der Waals surface area contributed by atoms with E-state index >= 15 is 0 Å². The molecule has 70 valence electrons. The maximum atomic E-state index is 8.90. The SMILES string of the molecule is COCO[C@@H]1CC=NN[C@H]1CO. The van der Waals surface area contributed by atoms with Gasteiger partial charge in [0.05, 0.1) is 18.8 Å². The molecule has 0 aromatic rings. The van der Waals surface area contributed by atoms with Gasteiger partial charge in [0.15, 0.2) is 0 Å². The van der Waals surface area contributed by atoms with Crippen molar-refractivity contribution in [2.24, 2.45) is 5.10 Å². The van der Waals surface area contributed by atoms with Crippen LogP contribution in [-0.4, -0.2) is 44.0 Å². The van der Waals surface area contributed by atoms with Crippen LogP contribution in [0, 0.1) is 0 Å². The Hall–Kier alpha value is -0.650. The van der Waals surface area contributed by atoms with E-state index in [0.29, 0.717) is 6.42 Å². The van der Waals surface area contributed by atoms with Gasteiger partial charge in [-0.25, -0.2) is 0 Å². The number of hydrazone groups is 1. The summed E-state index contributed by atoms with van der Waals surface area (Å²) in [5.74, 6) is 0. The van der Waals surface area contributed by atoms with Crippen molar-refractivity contribution in [1.29, 1.82) is 0 Å². The highest BCUT2D eigenvalue weighted by atomic mass is 16.7. The molecule has 0 spiro atoms. The van der Waals surface area contributed by atoms with E-state index in [4.69, 9.17) is 14.6 Å². The zero-order valence-corrected chi connectivity index (χ0v) is 7.06. The van der Waals surface area contributed by atoms with Crippen molar-refractivity contribution in [1.82, 2.24) is 5.43 Å². The molecule has 2 N–H and O–H groups in total. The summed E-state index contributed by atoms with van der Waals surface area (Å²) < 4.78 is 10.1. The summed E-state index contributed by atoms with van der Waals surface area (Å²) in [5, 5.41) is 12.7. The first-order valence-electron chi connectivity index (χ1n) is 3.87. The molecule has 0 unspecified atom stereocenters. The summed E-state index contributed by atoms with van der Waals surface area (Å²) in [4.78, 5) is 0. The van der Waals surface area contributed by atoms with Crippen LogP contribution in [0.4, 0.5) is 0 Å². The van der Waals surface area contributed by atoms with Crippen LogP contribution < -0.4 is 5.43 Å². The molecule has 0 aromatic carbocycles. The van der Waals surface area contributed by atoms with Crippen LogP contribution in [-0.2, 0) is 9.47 Å². The summed E-state index contributed by atoms with van der Waals surface area (Å²) in [6.07, 6.45) is 2.39. The summed E-state index contributed by atoms with van der Waals surface area (Å²) in [6, 6.07) is -0.120. The smallest absolute Gasteiger partial charge is 0.146 e. The Balaban J connectivity index is 2.33. The first kappa shape index (κ1) is 9.44. The molecule has 0 aliphatic carbocycles. The minimum atomic E-state index is -0.120. The highest BCUT2D eigenvalue weighted by Crippen LogP contribution is 2.06. The van der Waals surface area contributed by atoms with Gasteiger partial charge in [0, 0.05) is 19.7 Å². The van der Waals surface area contributed by atoms with E-state index in [1.165, 1.54) is 0 Å². The maximum absolute atomic E-state index is 8.90. The molecule has 0 saturated heterocycles. The molecule has 2 atom stereocenters. The van der Waals surface area contributed by atoms with Crippen molar-refractivity contribution in [2.75, 3.05) is 20.5 Å². The van der Waals surface area contributed by atoms with E-state index in [9.17, 15) is 0 Å². The van der Waals surface area contributed by atoms with Gasteiger partial charge in [0.2, 0.25) is 0 Å². The fourth-order valence-electron chi connectivity index (χ4n) is 1.05. The van der Waals surface area contributed by atoms with Gasteiger partial charge in [-0.3, -0.25) is 0 Å². The normalized spacial score (nSPS) is 28.5. The van der Waals surface area contributed by atoms with Crippen LogP contribution in [0.15, 0.2) is 5.10 Å². The standard InChI is InChI=1S/C7H14N2O3/c1-11-5-12-7-2-3-8-9-6(7)4-10/h3,6-7,9-10H,2,4-5H2,1H3/t6-,7+/m0/s1. The predicted octanol–water partition coefficient (Wildman–Crippen LogP) is -0.685. The van der Waals surface area contributed by atoms with Crippen molar-refractivity contribution < 1.29 is 14.6 Å². The first-order valence-corrected chi connectivity index (χ1v) is 3.87. The number of hydrogen-bond acceptors (Lipinski definition) is 5. The lowest BCUT2D eigenvalue weighted by molar-refractivity contribution is -0.0868. The van der Waals surface area contributed by atoms with Gasteiger partial charge in [-0.1, -0.05) is 0 Å². The quantitative estimate of drug-likeness (QED) is 0.554. The molecule has 5 nitrogen and oxygen atoms in total. The Kier molecular flexibility index (Phi) is 3.99. The predicted molar refractivity (Wildman–Crippen MR) is 43.9 cm³/mol. The molecule has 1 aliphatic heterocycles. The number of nitrogens with zero attached hydrogens (tertiary/aromatic N) is 1. The fraction of sp³-hybridized carbons (Fsp3) is 0.857. The van der Waals surface area contributed by atoms with Gasteiger partial charge in [-0.15, -0.1) is 0 Å². The highest BCUT2D eigenvalue weighted by Gasteiger charge is 2.22. The Morgan fingerprint density at radius 3 is 3.25 bits per heavy atom. The summed E-state index contributed by atoms with van der Waals surface area (Å²) >= 11 is 0. The molecule has 1 rings (SSSR count). The number of aliphatic hydroxyl groups is 1. The van der Waals surface area contributed by atoms with E-state index in [2.05, 4.69) is 10.5 Å². The van der Waals surface area contributed by atoms with E-state index in [0.717, 1.165) is 0 Å². The molecule has 0 fully saturated rings. The zero-order valence-electron chi connectivity index (χ0n) is 7.06. The molecule has 1 aliphatic rings. The second-order valence-electron chi connectivity index (χ2n) is 2.58. The molecule has 0 amide bonds. The third kappa shape index (κ3) is 2.44. The average molecular weight is 174 g/mol. The summed E-state index contributed by atoms with van der Waals surface area (Å²) in [6.45, 7) is 0.266. The lowest BCUT2D eigenvalue weighted by Crippen LogP contribution is -2.45. The Morgan fingerprint density at radius 1 is 1.75 bits per heavy atom. The third-order valence-electron chi connectivity index (χ3n) is 1.71. The monoisotopic (exact) mass is 174 g/mol. The Morgan fingerprint density at radius 2 is 2.58 bits per heavy atom. The van der Waals surface area contributed by atoms with Gasteiger partial charge in [-0.05, 0) is 0 Å². The van der Waals surface area contributed by atoms with Crippen LogP contribution in [0.5, 0.6) is 0 Å². The average Bonchev–Trinajstić information content (AvgIpc) is 2.15. The number of ether oxygens (including phenoxy) is 2. The van der Waals surface area contributed by atoms with Crippen LogP contribution >= 0.6 is 0 Å². The highest BCUT2D eigenvalue weighted by molar-refractivity contribution is 5.58. The van der Waals surface area contributed by atoms with Crippen LogP contribution in [0.1, 0.15) is 6.42 Å². The number of aliphatic hydroxyl groups excluding tert-OH is 1. The minimum absolute atomic E-state index is 0.0196. The van der Waals surface area contributed by atoms with E-state index in [1.807, 2.05) is 0 Å². The Bertz CT molecular complexity index is 152. The van der Waals surface area contributed by atoms with E-state index in [1.54, 1.807) is 13.3 Å². The lowest BCUT2D eigenvalue weighted by Gasteiger charge is -2.26. The van der Waals surface area contributed by atoms with Crippen molar-refractivity contribution in [3.05, 3.63) is 0 Å². The van der Waals surface area contributed by atoms with Crippen LogP contribution in [0.25, 0.3) is 0 Å². The van der Waals surface area contributed by atoms with Gasteiger partial charge in [0.1, 0.15) is 6.79 Å². The third-order valence-corrected chi connectivity index (χ3v) is 1.71. The lowest BCUT2D eigenvalue weighted by atomic mass is 10.1. The molecular formula is C7H14N2O3.